The van der Waals surface area contributed by atoms with Crippen molar-refractivity contribution < 1.29 is 0 Å². The van der Waals surface area contributed by atoms with Crippen molar-refractivity contribution in [2.75, 3.05) is 0 Å². The van der Waals surface area contributed by atoms with Crippen molar-refractivity contribution in [2.45, 2.75) is 45.6 Å². The van der Waals surface area contributed by atoms with Crippen molar-refractivity contribution in [3.05, 3.63) is 52.8 Å². The van der Waals surface area contributed by atoms with Gasteiger partial charge in [0, 0.05) is 18.8 Å². The van der Waals surface area contributed by atoms with Gasteiger partial charge in [-0.25, -0.2) is 0 Å². The van der Waals surface area contributed by atoms with E-state index in [4.69, 9.17) is 5.73 Å². The molecule has 0 amide bonds. The van der Waals surface area contributed by atoms with Crippen molar-refractivity contribution in [1.82, 2.24) is 9.78 Å². The second-order valence-electron chi connectivity index (χ2n) is 5.60. The highest BCUT2D eigenvalue weighted by Gasteiger charge is 2.11. The molecule has 3 heteroatoms. The highest BCUT2D eigenvalue weighted by Crippen LogP contribution is 2.16. The van der Waals surface area contributed by atoms with Crippen LogP contribution in [0.15, 0.2) is 30.3 Å². The Morgan fingerprint density at radius 1 is 1.10 bits per heavy atom. The van der Waals surface area contributed by atoms with Gasteiger partial charge in [-0.1, -0.05) is 30.3 Å². The minimum Gasteiger partial charge on any atom is -0.328 e. The maximum absolute atomic E-state index is 6.25. The summed E-state index contributed by atoms with van der Waals surface area (Å²) >= 11 is 0. The normalized spacial score (nSPS) is 12.6. The summed E-state index contributed by atoms with van der Waals surface area (Å²) in [6.07, 6.45) is 4.16. The fourth-order valence-corrected chi connectivity index (χ4v) is 2.65. The molecule has 0 saturated heterocycles. The van der Waals surface area contributed by atoms with Gasteiger partial charge in [0.05, 0.1) is 5.69 Å². The van der Waals surface area contributed by atoms with Crippen LogP contribution in [-0.2, 0) is 19.9 Å². The molecule has 0 aliphatic heterocycles. The molecule has 1 aromatic heterocycles. The Kier molecular flexibility index (Phi) is 4.96. The molecule has 0 bridgehead atoms. The number of benzene rings is 1. The molecule has 0 spiro atoms. The molecule has 2 aromatic rings. The Morgan fingerprint density at radius 2 is 1.75 bits per heavy atom. The number of hydrogen-bond acceptors (Lipinski definition) is 2. The van der Waals surface area contributed by atoms with Crippen LogP contribution in [0, 0.1) is 13.8 Å². The molecule has 0 fully saturated rings. The van der Waals surface area contributed by atoms with E-state index in [1.54, 1.807) is 0 Å². The second kappa shape index (κ2) is 6.71. The van der Waals surface area contributed by atoms with Crippen LogP contribution in [0.1, 0.15) is 35.4 Å². The van der Waals surface area contributed by atoms with E-state index in [-0.39, 0.29) is 6.04 Å². The van der Waals surface area contributed by atoms with Gasteiger partial charge in [0.1, 0.15) is 0 Å². The first-order valence-corrected chi connectivity index (χ1v) is 7.36. The quantitative estimate of drug-likeness (QED) is 0.878. The van der Waals surface area contributed by atoms with Gasteiger partial charge >= 0.3 is 0 Å². The van der Waals surface area contributed by atoms with Crippen molar-refractivity contribution >= 4 is 0 Å². The number of aromatic nitrogens is 2. The highest BCUT2D eigenvalue weighted by molar-refractivity contribution is 5.24. The van der Waals surface area contributed by atoms with Crippen LogP contribution in [0.5, 0.6) is 0 Å². The monoisotopic (exact) mass is 271 g/mol. The highest BCUT2D eigenvalue weighted by atomic mass is 15.3. The molecule has 1 unspecified atom stereocenters. The van der Waals surface area contributed by atoms with Crippen molar-refractivity contribution in [3.63, 3.8) is 0 Å². The van der Waals surface area contributed by atoms with Gasteiger partial charge in [-0.3, -0.25) is 4.68 Å². The third-order valence-corrected chi connectivity index (χ3v) is 4.07. The zero-order chi connectivity index (χ0) is 14.5. The lowest BCUT2D eigenvalue weighted by Crippen LogP contribution is -2.21. The summed E-state index contributed by atoms with van der Waals surface area (Å²) in [5.41, 5.74) is 11.4. The number of nitrogens with zero attached hydrogens (tertiary/aromatic N) is 2. The molecular formula is C17H25N3. The summed E-state index contributed by atoms with van der Waals surface area (Å²) in [5, 5.41) is 4.46. The summed E-state index contributed by atoms with van der Waals surface area (Å²) in [5.74, 6) is 0. The molecule has 1 aromatic carbocycles. The van der Waals surface area contributed by atoms with Crippen molar-refractivity contribution in [3.8, 4) is 0 Å². The SMILES string of the molecule is Cc1nn(C)c(C)c1CCC(N)CCc1ccccc1. The van der Waals surface area contributed by atoms with E-state index in [0.717, 1.165) is 31.4 Å². The molecule has 0 aliphatic carbocycles. The number of aryl methyl sites for hydroxylation is 3. The van der Waals surface area contributed by atoms with Crippen LogP contribution in [0.4, 0.5) is 0 Å². The van der Waals surface area contributed by atoms with E-state index >= 15 is 0 Å². The lowest BCUT2D eigenvalue weighted by molar-refractivity contribution is 0.567. The van der Waals surface area contributed by atoms with E-state index in [2.05, 4.69) is 49.3 Å². The third-order valence-electron chi connectivity index (χ3n) is 4.07. The molecule has 0 saturated carbocycles. The van der Waals surface area contributed by atoms with Gasteiger partial charge < -0.3 is 5.73 Å². The average molecular weight is 271 g/mol. The molecule has 3 nitrogen and oxygen atoms in total. The molecule has 2 rings (SSSR count). The molecule has 108 valence electrons. The molecule has 1 heterocycles. The Bertz CT molecular complexity index is 543. The molecule has 1 atom stereocenters. The van der Waals surface area contributed by atoms with Crippen molar-refractivity contribution in [1.29, 1.82) is 0 Å². The molecule has 0 radical (unpaired) electrons. The Labute approximate surface area is 121 Å². The van der Waals surface area contributed by atoms with E-state index in [9.17, 15) is 0 Å². The minimum atomic E-state index is 0.259. The molecule has 0 aliphatic rings. The lowest BCUT2D eigenvalue weighted by atomic mass is 9.99. The largest absolute Gasteiger partial charge is 0.328 e. The fourth-order valence-electron chi connectivity index (χ4n) is 2.65. The summed E-state index contributed by atoms with van der Waals surface area (Å²) in [6, 6.07) is 10.8. The first-order chi connectivity index (χ1) is 9.58. The minimum absolute atomic E-state index is 0.259. The number of nitrogens with two attached hydrogens (primary N) is 1. The van der Waals surface area contributed by atoms with Gasteiger partial charge in [0.2, 0.25) is 0 Å². The van der Waals surface area contributed by atoms with Gasteiger partial charge in [-0.15, -0.1) is 0 Å². The van der Waals surface area contributed by atoms with Crippen LogP contribution >= 0.6 is 0 Å². The van der Waals surface area contributed by atoms with Crippen LogP contribution in [0.25, 0.3) is 0 Å². The maximum Gasteiger partial charge on any atom is 0.0628 e. The van der Waals surface area contributed by atoms with E-state index in [1.165, 1.54) is 16.8 Å². The Balaban J connectivity index is 1.82. The topological polar surface area (TPSA) is 43.8 Å². The molecular weight excluding hydrogens is 246 g/mol. The Morgan fingerprint density at radius 3 is 2.35 bits per heavy atom. The summed E-state index contributed by atoms with van der Waals surface area (Å²) in [4.78, 5) is 0. The van der Waals surface area contributed by atoms with Crippen LogP contribution < -0.4 is 5.73 Å². The number of hydrogen-bond donors (Lipinski definition) is 1. The van der Waals surface area contributed by atoms with Gasteiger partial charge in [0.25, 0.3) is 0 Å². The predicted molar refractivity (Wildman–Crippen MR) is 83.7 cm³/mol. The van der Waals surface area contributed by atoms with Gasteiger partial charge in [-0.2, -0.15) is 5.10 Å². The summed E-state index contributed by atoms with van der Waals surface area (Å²) in [7, 11) is 2.00. The zero-order valence-electron chi connectivity index (χ0n) is 12.8. The maximum atomic E-state index is 6.25. The summed E-state index contributed by atoms with van der Waals surface area (Å²) in [6.45, 7) is 4.21. The smallest absolute Gasteiger partial charge is 0.0628 e. The van der Waals surface area contributed by atoms with E-state index < -0.39 is 0 Å². The van der Waals surface area contributed by atoms with Crippen LogP contribution in [-0.4, -0.2) is 15.8 Å². The first-order valence-electron chi connectivity index (χ1n) is 7.36. The summed E-state index contributed by atoms with van der Waals surface area (Å²) < 4.78 is 1.96. The fraction of sp³-hybridized carbons (Fsp3) is 0.471. The van der Waals surface area contributed by atoms with Gasteiger partial charge in [0.15, 0.2) is 0 Å². The lowest BCUT2D eigenvalue weighted by Gasteiger charge is -2.11. The Hall–Kier alpha value is -1.61. The van der Waals surface area contributed by atoms with Crippen LogP contribution in [0.2, 0.25) is 0 Å². The number of rotatable bonds is 6. The standard InChI is InChI=1S/C17H25N3/c1-13-17(14(2)20(3)19-13)12-11-16(18)10-9-15-7-5-4-6-8-15/h4-8,16H,9-12,18H2,1-3H3. The molecule has 20 heavy (non-hydrogen) atoms. The predicted octanol–water partition coefficient (Wildman–Crippen LogP) is 2.93. The average Bonchev–Trinajstić information content (AvgIpc) is 2.69. The van der Waals surface area contributed by atoms with E-state index in [1.807, 2.05) is 11.7 Å². The van der Waals surface area contributed by atoms with Crippen LogP contribution in [0.3, 0.4) is 0 Å². The van der Waals surface area contributed by atoms with Crippen molar-refractivity contribution in [2.24, 2.45) is 12.8 Å². The second-order valence-corrected chi connectivity index (χ2v) is 5.60. The van der Waals surface area contributed by atoms with Gasteiger partial charge in [-0.05, 0) is 50.7 Å². The third kappa shape index (κ3) is 3.70. The van der Waals surface area contributed by atoms with E-state index in [0.29, 0.717) is 0 Å². The molecule has 2 N–H and O–H groups in total. The zero-order valence-corrected chi connectivity index (χ0v) is 12.8. The first kappa shape index (κ1) is 14.8.